The van der Waals surface area contributed by atoms with E-state index in [4.69, 9.17) is 10.7 Å². The van der Waals surface area contributed by atoms with E-state index >= 15 is 0 Å². The number of nitrogens with two attached hydrogens (primary N) is 1. The second-order valence-electron chi connectivity index (χ2n) is 8.97. The minimum absolute atomic E-state index is 0.0627. The normalized spacial score (nSPS) is 17.9. The summed E-state index contributed by atoms with van der Waals surface area (Å²) in [5.74, 6) is -0.158. The van der Waals surface area contributed by atoms with Crippen molar-refractivity contribution < 1.29 is 4.79 Å². The number of nitrogens with one attached hydrogen (secondary N) is 1. The fraction of sp³-hybridized carbons (Fsp3) is 0.259. The molecule has 2 aromatic heterocycles. The second-order valence-corrected chi connectivity index (χ2v) is 8.97. The van der Waals surface area contributed by atoms with Gasteiger partial charge in [0.05, 0.1) is 16.9 Å². The van der Waals surface area contributed by atoms with Gasteiger partial charge in [0.1, 0.15) is 0 Å². The van der Waals surface area contributed by atoms with Crippen LogP contribution in [0.25, 0.3) is 33.4 Å². The SMILES string of the molecule is CN(C)[C@@H]1CCC[C@H]1NC(=O)c1nc(-c2ccc3ncccc3c2)c(-c2ccccc2)nc1N. The molecule has 0 spiro atoms. The summed E-state index contributed by atoms with van der Waals surface area (Å²) in [6, 6.07) is 20.0. The first-order valence-electron chi connectivity index (χ1n) is 11.6. The molecular weight excluding hydrogens is 424 g/mol. The van der Waals surface area contributed by atoms with Crippen LogP contribution in [0, 0.1) is 0 Å². The molecule has 1 saturated carbocycles. The summed E-state index contributed by atoms with van der Waals surface area (Å²) in [6.07, 6.45) is 4.85. The number of hydrogen-bond acceptors (Lipinski definition) is 6. The lowest BCUT2D eigenvalue weighted by atomic mass is 10.0. The van der Waals surface area contributed by atoms with Crippen LogP contribution in [0.2, 0.25) is 0 Å². The Labute approximate surface area is 199 Å². The van der Waals surface area contributed by atoms with Crippen molar-refractivity contribution in [3.63, 3.8) is 0 Å². The first kappa shape index (κ1) is 22.0. The van der Waals surface area contributed by atoms with Crippen LogP contribution in [0.15, 0.2) is 66.9 Å². The highest BCUT2D eigenvalue weighted by molar-refractivity contribution is 5.98. The Hall–Kier alpha value is -3.84. The lowest BCUT2D eigenvalue weighted by molar-refractivity contribution is 0.0915. The monoisotopic (exact) mass is 452 g/mol. The van der Waals surface area contributed by atoms with Crippen molar-refractivity contribution in [1.82, 2.24) is 25.2 Å². The molecule has 3 N–H and O–H groups in total. The zero-order valence-corrected chi connectivity index (χ0v) is 19.4. The van der Waals surface area contributed by atoms with E-state index in [-0.39, 0.29) is 23.5 Å². The Morgan fingerprint density at radius 3 is 2.56 bits per heavy atom. The first-order valence-corrected chi connectivity index (χ1v) is 11.6. The van der Waals surface area contributed by atoms with Gasteiger partial charge in [0.2, 0.25) is 0 Å². The first-order chi connectivity index (χ1) is 16.5. The maximum atomic E-state index is 13.3. The van der Waals surface area contributed by atoms with E-state index in [2.05, 4.69) is 20.2 Å². The molecule has 0 saturated heterocycles. The minimum atomic E-state index is -0.285. The van der Waals surface area contributed by atoms with E-state index in [1.165, 1.54) is 0 Å². The maximum absolute atomic E-state index is 13.3. The van der Waals surface area contributed by atoms with Gasteiger partial charge in [-0.05, 0) is 51.6 Å². The van der Waals surface area contributed by atoms with Crippen molar-refractivity contribution in [1.29, 1.82) is 0 Å². The second kappa shape index (κ2) is 9.19. The molecule has 2 atom stereocenters. The van der Waals surface area contributed by atoms with Gasteiger partial charge in [0.15, 0.2) is 11.5 Å². The average molecular weight is 453 g/mol. The van der Waals surface area contributed by atoms with Crippen molar-refractivity contribution in [2.24, 2.45) is 0 Å². The summed E-state index contributed by atoms with van der Waals surface area (Å²) in [5, 5.41) is 4.15. The van der Waals surface area contributed by atoms with E-state index < -0.39 is 0 Å². The lowest BCUT2D eigenvalue weighted by Gasteiger charge is -2.27. The fourth-order valence-corrected chi connectivity index (χ4v) is 4.80. The Bertz CT molecular complexity index is 1340. The number of rotatable bonds is 5. The number of hydrogen-bond donors (Lipinski definition) is 2. The maximum Gasteiger partial charge on any atom is 0.274 e. The van der Waals surface area contributed by atoms with E-state index in [0.717, 1.165) is 41.3 Å². The third-order valence-electron chi connectivity index (χ3n) is 6.52. The molecule has 1 aliphatic rings. The van der Waals surface area contributed by atoms with Crippen LogP contribution in [-0.4, -0.2) is 51.9 Å². The summed E-state index contributed by atoms with van der Waals surface area (Å²) in [5.41, 5.74) is 10.4. The average Bonchev–Trinajstić information content (AvgIpc) is 3.32. The van der Waals surface area contributed by atoms with Gasteiger partial charge in [0, 0.05) is 34.8 Å². The largest absolute Gasteiger partial charge is 0.382 e. The molecule has 2 heterocycles. The number of likely N-dealkylation sites (N-methyl/N-ethyl adjacent to an activating group) is 1. The van der Waals surface area contributed by atoms with Crippen LogP contribution >= 0.6 is 0 Å². The highest BCUT2D eigenvalue weighted by Gasteiger charge is 2.31. The van der Waals surface area contributed by atoms with Crippen molar-refractivity contribution in [3.05, 3.63) is 72.6 Å². The lowest BCUT2D eigenvalue weighted by Crippen LogP contribution is -2.46. The molecule has 1 fully saturated rings. The van der Waals surface area contributed by atoms with Gasteiger partial charge in [-0.2, -0.15) is 0 Å². The zero-order valence-electron chi connectivity index (χ0n) is 19.4. The van der Waals surface area contributed by atoms with Gasteiger partial charge < -0.3 is 16.0 Å². The van der Waals surface area contributed by atoms with Crippen molar-refractivity contribution in [2.75, 3.05) is 19.8 Å². The molecule has 34 heavy (non-hydrogen) atoms. The summed E-state index contributed by atoms with van der Waals surface area (Å²) < 4.78 is 0. The van der Waals surface area contributed by atoms with Crippen LogP contribution in [0.5, 0.6) is 0 Å². The van der Waals surface area contributed by atoms with Gasteiger partial charge in [-0.3, -0.25) is 9.78 Å². The van der Waals surface area contributed by atoms with E-state index in [1.807, 2.05) is 74.8 Å². The van der Waals surface area contributed by atoms with E-state index in [9.17, 15) is 4.79 Å². The van der Waals surface area contributed by atoms with Crippen LogP contribution < -0.4 is 11.1 Å². The number of pyridine rings is 1. The number of benzene rings is 2. The molecular formula is C27H28N6O. The molecule has 0 unspecified atom stereocenters. The molecule has 7 heteroatoms. The molecule has 2 aromatic carbocycles. The van der Waals surface area contributed by atoms with Gasteiger partial charge in [0.25, 0.3) is 5.91 Å². The molecule has 4 aromatic rings. The van der Waals surface area contributed by atoms with Crippen LogP contribution in [0.3, 0.4) is 0 Å². The molecule has 0 radical (unpaired) electrons. The summed E-state index contributed by atoms with van der Waals surface area (Å²) in [6.45, 7) is 0. The predicted molar refractivity (Wildman–Crippen MR) is 135 cm³/mol. The smallest absolute Gasteiger partial charge is 0.274 e. The Balaban J connectivity index is 1.59. The number of carbonyl (C=O) groups is 1. The summed E-state index contributed by atoms with van der Waals surface area (Å²) >= 11 is 0. The quantitative estimate of drug-likeness (QED) is 0.472. The summed E-state index contributed by atoms with van der Waals surface area (Å²) in [4.78, 5) is 29.4. The molecule has 7 nitrogen and oxygen atoms in total. The fourth-order valence-electron chi connectivity index (χ4n) is 4.80. The predicted octanol–water partition coefficient (Wildman–Crippen LogP) is 4.15. The standard InChI is InChI=1S/C27H28N6O/c1-33(2)22-12-6-11-21(22)30-27(34)25-26(28)32-23(17-8-4-3-5-9-17)24(31-25)19-13-14-20-18(16-19)10-7-15-29-20/h3-5,7-10,13-16,21-22H,6,11-12H2,1-2H3,(H2,28,32)(H,30,34)/t21-,22-/m1/s1. The third-order valence-corrected chi connectivity index (χ3v) is 6.52. The number of nitrogen functional groups attached to an aromatic ring is 1. The number of fused-ring (bicyclic) bond motifs is 1. The molecule has 0 bridgehead atoms. The topological polar surface area (TPSA) is 97.0 Å². The molecule has 1 amide bonds. The van der Waals surface area contributed by atoms with Crippen molar-refractivity contribution in [2.45, 2.75) is 31.3 Å². The molecule has 172 valence electrons. The zero-order chi connectivity index (χ0) is 23.7. The van der Waals surface area contributed by atoms with Gasteiger partial charge in [-0.25, -0.2) is 9.97 Å². The van der Waals surface area contributed by atoms with Crippen LogP contribution in [0.4, 0.5) is 5.82 Å². The van der Waals surface area contributed by atoms with Gasteiger partial charge >= 0.3 is 0 Å². The number of amides is 1. The van der Waals surface area contributed by atoms with Crippen LogP contribution in [-0.2, 0) is 0 Å². The van der Waals surface area contributed by atoms with Crippen molar-refractivity contribution >= 4 is 22.6 Å². The number of aromatic nitrogens is 3. The number of carbonyl (C=O) groups excluding carboxylic acids is 1. The molecule has 5 rings (SSSR count). The Kier molecular flexibility index (Phi) is 5.94. The number of anilines is 1. The summed E-state index contributed by atoms with van der Waals surface area (Å²) in [7, 11) is 4.09. The highest BCUT2D eigenvalue weighted by atomic mass is 16.2. The highest BCUT2D eigenvalue weighted by Crippen LogP contribution is 2.32. The van der Waals surface area contributed by atoms with Crippen LogP contribution in [0.1, 0.15) is 29.8 Å². The molecule has 0 aliphatic heterocycles. The van der Waals surface area contributed by atoms with E-state index in [1.54, 1.807) is 6.20 Å². The minimum Gasteiger partial charge on any atom is -0.382 e. The Morgan fingerprint density at radius 2 is 1.76 bits per heavy atom. The number of nitrogens with zero attached hydrogens (tertiary/aromatic N) is 4. The molecule has 1 aliphatic carbocycles. The van der Waals surface area contributed by atoms with Crippen molar-refractivity contribution in [3.8, 4) is 22.5 Å². The third kappa shape index (κ3) is 4.22. The Morgan fingerprint density at radius 1 is 0.971 bits per heavy atom. The van der Waals surface area contributed by atoms with Gasteiger partial charge in [-0.1, -0.05) is 42.5 Å². The van der Waals surface area contributed by atoms with E-state index in [0.29, 0.717) is 17.4 Å². The van der Waals surface area contributed by atoms with Gasteiger partial charge in [-0.15, -0.1) is 0 Å².